The third-order valence-corrected chi connectivity index (χ3v) is 5.85. The van der Waals surface area contributed by atoms with Gasteiger partial charge in [-0.2, -0.15) is 21.6 Å². The van der Waals surface area contributed by atoms with Crippen molar-refractivity contribution in [1.82, 2.24) is 0 Å². The second kappa shape index (κ2) is 10.4. The molecule has 0 aliphatic rings. The van der Waals surface area contributed by atoms with Gasteiger partial charge in [0.25, 0.3) is 0 Å². The van der Waals surface area contributed by atoms with Gasteiger partial charge < -0.3 is 9.29 Å². The minimum atomic E-state index is -5.75. The maximum Gasteiger partial charge on any atom is 0.534 e. The fraction of sp³-hybridized carbons (Fsp3) is 0.440. The van der Waals surface area contributed by atoms with Crippen LogP contribution in [0.2, 0.25) is 0 Å². The molecule has 0 fully saturated rings. The third kappa shape index (κ3) is 8.09. The number of carbonyl (C=O) groups excluding carboxylic acids is 2. The van der Waals surface area contributed by atoms with Crippen LogP contribution in [-0.2, 0) is 20.9 Å². The van der Waals surface area contributed by atoms with Gasteiger partial charge in [0.05, 0.1) is 0 Å². The Hall–Kier alpha value is -2.88. The zero-order chi connectivity index (χ0) is 27.6. The molecular weight excluding hydrogens is 485 g/mol. The highest BCUT2D eigenvalue weighted by atomic mass is 32.2. The summed E-state index contributed by atoms with van der Waals surface area (Å²) in [7, 11) is -5.75. The summed E-state index contributed by atoms with van der Waals surface area (Å²) in [6.07, 6.45) is 0. The van der Waals surface area contributed by atoms with E-state index in [2.05, 4.69) is 4.18 Å². The zero-order valence-electron chi connectivity index (χ0n) is 21.0. The molecule has 0 amide bonds. The molecule has 1 N–H and O–H groups in total. The number of ketones is 2. The minimum Gasteiger partial charge on any atom is -0.508 e. The van der Waals surface area contributed by atoms with Crippen LogP contribution in [0.1, 0.15) is 87.2 Å². The van der Waals surface area contributed by atoms with Crippen LogP contribution >= 0.6 is 0 Å². The number of phenols is 1. The Bertz CT molecular complexity index is 1200. The zero-order valence-corrected chi connectivity index (χ0v) is 21.8. The van der Waals surface area contributed by atoms with Crippen LogP contribution in [0.15, 0.2) is 36.4 Å². The van der Waals surface area contributed by atoms with Crippen LogP contribution in [-0.4, -0.2) is 30.6 Å². The second-order valence-corrected chi connectivity index (χ2v) is 11.6. The van der Waals surface area contributed by atoms with Crippen LogP contribution in [0.25, 0.3) is 0 Å². The summed E-state index contributed by atoms with van der Waals surface area (Å²) in [4.78, 5) is 22.5. The smallest absolute Gasteiger partial charge is 0.508 e. The molecule has 0 aliphatic heterocycles. The summed E-state index contributed by atoms with van der Waals surface area (Å²) < 4.78 is 63.6. The largest absolute Gasteiger partial charge is 0.534 e. The molecule has 0 atom stereocenters. The minimum absolute atomic E-state index is 0.0236. The number of aromatic hydroxyl groups is 1. The Balaban J connectivity index is 0.000000379. The van der Waals surface area contributed by atoms with Crippen molar-refractivity contribution in [3.05, 3.63) is 58.7 Å². The third-order valence-electron chi connectivity index (χ3n) is 4.89. The van der Waals surface area contributed by atoms with Crippen molar-refractivity contribution in [2.24, 2.45) is 0 Å². The number of phenolic OH excluding ortho intramolecular Hbond substituents is 1. The number of hydrogen-bond donors (Lipinski definition) is 1. The van der Waals surface area contributed by atoms with E-state index in [0.29, 0.717) is 5.56 Å². The molecule has 6 nitrogen and oxygen atoms in total. The van der Waals surface area contributed by atoms with Gasteiger partial charge in [-0.15, -0.1) is 0 Å². The maximum absolute atomic E-state index is 12.4. The normalized spacial score (nSPS) is 12.4. The molecule has 0 aliphatic carbocycles. The van der Waals surface area contributed by atoms with E-state index in [1.165, 1.54) is 26.0 Å². The van der Waals surface area contributed by atoms with Gasteiger partial charge in [-0.25, -0.2) is 0 Å². The van der Waals surface area contributed by atoms with E-state index in [0.717, 1.165) is 11.6 Å². The molecule has 0 spiro atoms. The molecule has 10 heteroatoms. The Morgan fingerprint density at radius 2 is 1.17 bits per heavy atom. The van der Waals surface area contributed by atoms with Gasteiger partial charge in [0, 0.05) is 16.7 Å². The van der Waals surface area contributed by atoms with Crippen molar-refractivity contribution >= 4 is 21.7 Å². The summed E-state index contributed by atoms with van der Waals surface area (Å²) in [5.41, 5.74) is -4.45. The number of Topliss-reactive ketones (excluding diaryl/α,β-unsaturated/α-hetero) is 2. The SMILES string of the molecule is CC(=O)c1ccc(O)c(C(C)(C)C)c1.CC(=O)c1ccc(OS(=O)(=O)C(F)(F)F)c(C(C)(C)C)c1. The molecule has 0 radical (unpaired) electrons. The van der Waals surface area contributed by atoms with E-state index in [-0.39, 0.29) is 33.9 Å². The van der Waals surface area contributed by atoms with Gasteiger partial charge in [0.15, 0.2) is 11.6 Å². The van der Waals surface area contributed by atoms with E-state index in [4.69, 9.17) is 0 Å². The Morgan fingerprint density at radius 1 is 0.771 bits per heavy atom. The molecule has 0 saturated heterocycles. The first-order valence-corrected chi connectivity index (χ1v) is 12.0. The fourth-order valence-corrected chi connectivity index (χ4v) is 3.41. The lowest BCUT2D eigenvalue weighted by molar-refractivity contribution is -0.0500. The molecule has 0 unspecified atom stereocenters. The van der Waals surface area contributed by atoms with Crippen LogP contribution in [0.3, 0.4) is 0 Å². The van der Waals surface area contributed by atoms with E-state index < -0.39 is 26.8 Å². The standard InChI is InChI=1S/C13H15F3O4S.C12H16O2/c1-8(17)9-5-6-11(10(7-9)12(2,3)4)20-21(18,19)13(14,15)16;1-8(13)9-5-6-11(14)10(7-9)12(2,3)4/h5-7H,1-4H3;5-7,14H,1-4H3. The molecule has 0 saturated carbocycles. The van der Waals surface area contributed by atoms with Gasteiger partial charge in [0.1, 0.15) is 11.5 Å². The van der Waals surface area contributed by atoms with Crippen molar-refractivity contribution in [2.45, 2.75) is 71.7 Å². The van der Waals surface area contributed by atoms with E-state index in [9.17, 15) is 36.3 Å². The summed E-state index contributed by atoms with van der Waals surface area (Å²) in [5.74, 6) is -0.450. The highest BCUT2D eigenvalue weighted by Crippen LogP contribution is 2.36. The lowest BCUT2D eigenvalue weighted by atomic mass is 9.85. The number of halogens is 3. The van der Waals surface area contributed by atoms with Crippen molar-refractivity contribution < 1.29 is 40.5 Å². The first-order valence-electron chi connectivity index (χ1n) is 10.6. The molecule has 2 rings (SSSR count). The predicted octanol–water partition coefficient (Wildman–Crippen LogP) is 6.31. The van der Waals surface area contributed by atoms with Gasteiger partial charge in [-0.05, 0) is 66.6 Å². The van der Waals surface area contributed by atoms with Gasteiger partial charge in [-0.1, -0.05) is 41.5 Å². The summed E-state index contributed by atoms with van der Waals surface area (Å²) in [6, 6.07) is 8.60. The molecule has 2 aromatic carbocycles. The molecule has 0 aromatic heterocycles. The number of benzene rings is 2. The topological polar surface area (TPSA) is 97.7 Å². The first kappa shape index (κ1) is 30.2. The monoisotopic (exact) mass is 516 g/mol. The van der Waals surface area contributed by atoms with E-state index in [1.807, 2.05) is 20.8 Å². The van der Waals surface area contributed by atoms with Gasteiger partial charge in [0.2, 0.25) is 0 Å². The maximum atomic E-state index is 12.4. The average Bonchev–Trinajstić information content (AvgIpc) is 2.65. The summed E-state index contributed by atoms with van der Waals surface area (Å²) >= 11 is 0. The molecule has 35 heavy (non-hydrogen) atoms. The van der Waals surface area contributed by atoms with Gasteiger partial charge in [-0.3, -0.25) is 9.59 Å². The van der Waals surface area contributed by atoms with Crippen molar-refractivity contribution in [1.29, 1.82) is 0 Å². The summed E-state index contributed by atoms with van der Waals surface area (Å²) in [6.45, 7) is 13.8. The average molecular weight is 517 g/mol. The van der Waals surface area contributed by atoms with Crippen LogP contribution in [0, 0.1) is 0 Å². The van der Waals surface area contributed by atoms with Crippen LogP contribution in [0.5, 0.6) is 11.5 Å². The Kier molecular flexibility index (Phi) is 8.95. The van der Waals surface area contributed by atoms with E-state index >= 15 is 0 Å². The number of alkyl halides is 3. The lowest BCUT2D eigenvalue weighted by Gasteiger charge is -2.23. The molecule has 0 heterocycles. The fourth-order valence-electron chi connectivity index (χ4n) is 2.93. The molecule has 0 bridgehead atoms. The van der Waals surface area contributed by atoms with Gasteiger partial charge >= 0.3 is 15.6 Å². The first-order chi connectivity index (χ1) is 15.6. The van der Waals surface area contributed by atoms with Crippen molar-refractivity contribution in [2.75, 3.05) is 0 Å². The number of carbonyl (C=O) groups is 2. The summed E-state index contributed by atoms with van der Waals surface area (Å²) in [5, 5.41) is 9.64. The Morgan fingerprint density at radius 3 is 1.54 bits per heavy atom. The second-order valence-electron chi connectivity index (χ2n) is 10.0. The van der Waals surface area contributed by atoms with E-state index in [1.54, 1.807) is 39.0 Å². The molecule has 194 valence electrons. The number of hydrogen-bond acceptors (Lipinski definition) is 6. The molecule has 2 aromatic rings. The Labute approximate surface area is 204 Å². The lowest BCUT2D eigenvalue weighted by Crippen LogP contribution is -2.29. The van der Waals surface area contributed by atoms with Crippen molar-refractivity contribution in [3.63, 3.8) is 0 Å². The highest BCUT2D eigenvalue weighted by Gasteiger charge is 2.49. The van der Waals surface area contributed by atoms with Crippen molar-refractivity contribution in [3.8, 4) is 11.5 Å². The quantitative estimate of drug-likeness (QED) is 0.291. The highest BCUT2D eigenvalue weighted by molar-refractivity contribution is 7.88. The predicted molar refractivity (Wildman–Crippen MR) is 128 cm³/mol. The molecular formula is C25H31F3O6S. The van der Waals surface area contributed by atoms with Crippen LogP contribution in [0.4, 0.5) is 13.2 Å². The van der Waals surface area contributed by atoms with Crippen LogP contribution < -0.4 is 4.18 Å². The number of rotatable bonds is 4.